The smallest absolute Gasteiger partial charge is 0.124 e. The number of unbranched alkanes of at least 4 members (excludes halogenated alkanes) is 1. The standard InChI is InChI=1S/C15H23N3O/c1-4-6-9-18(5-2)11(3)15-16-13-8-7-12(19)10-14(13)17-15/h7-8,10-11,19H,4-6,9H2,1-3H3,(H,16,17). The first-order valence-corrected chi connectivity index (χ1v) is 7.08. The predicted molar refractivity (Wildman–Crippen MR) is 78.3 cm³/mol. The summed E-state index contributed by atoms with van der Waals surface area (Å²) < 4.78 is 0. The molecule has 4 nitrogen and oxygen atoms in total. The van der Waals surface area contributed by atoms with Gasteiger partial charge in [0.1, 0.15) is 11.6 Å². The number of hydrogen-bond acceptors (Lipinski definition) is 3. The van der Waals surface area contributed by atoms with Crippen molar-refractivity contribution < 1.29 is 5.11 Å². The van der Waals surface area contributed by atoms with Crippen LogP contribution in [-0.2, 0) is 0 Å². The van der Waals surface area contributed by atoms with Gasteiger partial charge >= 0.3 is 0 Å². The number of aromatic amines is 1. The molecular formula is C15H23N3O. The highest BCUT2D eigenvalue weighted by molar-refractivity contribution is 5.76. The zero-order chi connectivity index (χ0) is 13.8. The van der Waals surface area contributed by atoms with Gasteiger partial charge in [0.25, 0.3) is 0 Å². The average Bonchev–Trinajstić information content (AvgIpc) is 2.82. The maximum Gasteiger partial charge on any atom is 0.124 e. The summed E-state index contributed by atoms with van der Waals surface area (Å²) in [5.41, 5.74) is 1.81. The third-order valence-electron chi connectivity index (χ3n) is 3.63. The van der Waals surface area contributed by atoms with Crippen LogP contribution in [0.25, 0.3) is 11.0 Å². The van der Waals surface area contributed by atoms with Gasteiger partial charge < -0.3 is 10.1 Å². The summed E-state index contributed by atoms with van der Waals surface area (Å²) in [7, 11) is 0. The minimum Gasteiger partial charge on any atom is -0.508 e. The number of fused-ring (bicyclic) bond motifs is 1. The minimum atomic E-state index is 0.270. The van der Waals surface area contributed by atoms with Crippen LogP contribution in [0.3, 0.4) is 0 Å². The van der Waals surface area contributed by atoms with Crippen molar-refractivity contribution in [3.05, 3.63) is 24.0 Å². The Morgan fingerprint density at radius 2 is 2.16 bits per heavy atom. The molecule has 1 atom stereocenters. The van der Waals surface area contributed by atoms with E-state index in [4.69, 9.17) is 0 Å². The van der Waals surface area contributed by atoms with Crippen molar-refractivity contribution in [1.29, 1.82) is 0 Å². The van der Waals surface area contributed by atoms with Crippen LogP contribution in [0.15, 0.2) is 18.2 Å². The molecule has 0 saturated heterocycles. The fraction of sp³-hybridized carbons (Fsp3) is 0.533. The van der Waals surface area contributed by atoms with Crippen LogP contribution in [-0.4, -0.2) is 33.1 Å². The molecule has 4 heteroatoms. The molecule has 0 radical (unpaired) electrons. The Bertz CT molecular complexity index is 535. The maximum absolute atomic E-state index is 9.49. The third-order valence-corrected chi connectivity index (χ3v) is 3.63. The molecule has 2 rings (SSSR count). The van der Waals surface area contributed by atoms with Gasteiger partial charge in [0, 0.05) is 6.07 Å². The molecule has 1 unspecified atom stereocenters. The van der Waals surface area contributed by atoms with Gasteiger partial charge in [-0.1, -0.05) is 20.3 Å². The fourth-order valence-corrected chi connectivity index (χ4v) is 2.37. The van der Waals surface area contributed by atoms with E-state index < -0.39 is 0 Å². The normalized spacial score (nSPS) is 13.3. The summed E-state index contributed by atoms with van der Waals surface area (Å²) in [6.45, 7) is 8.68. The number of benzene rings is 1. The zero-order valence-electron chi connectivity index (χ0n) is 12.0. The second kappa shape index (κ2) is 6.06. The summed E-state index contributed by atoms with van der Waals surface area (Å²) in [4.78, 5) is 10.4. The first-order chi connectivity index (χ1) is 9.15. The van der Waals surface area contributed by atoms with E-state index in [1.54, 1.807) is 12.1 Å². The molecule has 0 aliphatic carbocycles. The number of H-pyrrole nitrogens is 1. The van der Waals surface area contributed by atoms with Gasteiger partial charge in [-0.25, -0.2) is 4.98 Å². The van der Waals surface area contributed by atoms with Crippen LogP contribution in [0.2, 0.25) is 0 Å². The van der Waals surface area contributed by atoms with E-state index in [1.165, 1.54) is 12.8 Å². The van der Waals surface area contributed by atoms with Crippen LogP contribution >= 0.6 is 0 Å². The van der Waals surface area contributed by atoms with E-state index in [-0.39, 0.29) is 11.8 Å². The Balaban J connectivity index is 2.22. The molecule has 0 fully saturated rings. The monoisotopic (exact) mass is 261 g/mol. The average molecular weight is 261 g/mol. The van der Waals surface area contributed by atoms with E-state index in [0.717, 1.165) is 29.9 Å². The SMILES string of the molecule is CCCCN(CC)C(C)c1nc2ccc(O)cc2[nH]1. The van der Waals surface area contributed by atoms with Crippen LogP contribution in [0.5, 0.6) is 5.75 Å². The van der Waals surface area contributed by atoms with Gasteiger partial charge in [0.2, 0.25) is 0 Å². The molecule has 0 aliphatic rings. The van der Waals surface area contributed by atoms with Gasteiger partial charge in [-0.2, -0.15) is 0 Å². The number of phenols is 1. The number of hydrogen-bond donors (Lipinski definition) is 2. The highest BCUT2D eigenvalue weighted by Crippen LogP contribution is 2.23. The van der Waals surface area contributed by atoms with E-state index in [0.29, 0.717) is 0 Å². The number of nitrogens with zero attached hydrogens (tertiary/aromatic N) is 2. The number of phenolic OH excluding ortho intramolecular Hbond substituents is 1. The Labute approximate surface area is 114 Å². The molecule has 0 bridgehead atoms. The summed E-state index contributed by atoms with van der Waals surface area (Å²) >= 11 is 0. The van der Waals surface area contributed by atoms with Crippen molar-refractivity contribution in [2.45, 2.75) is 39.7 Å². The largest absolute Gasteiger partial charge is 0.508 e. The number of aromatic nitrogens is 2. The van der Waals surface area contributed by atoms with Crippen LogP contribution in [0, 0.1) is 0 Å². The maximum atomic E-state index is 9.49. The second-order valence-electron chi connectivity index (χ2n) is 4.98. The predicted octanol–water partition coefficient (Wildman–Crippen LogP) is 3.45. The number of nitrogens with one attached hydrogen (secondary N) is 1. The summed E-state index contributed by atoms with van der Waals surface area (Å²) in [5.74, 6) is 1.24. The van der Waals surface area contributed by atoms with Gasteiger partial charge in [0.15, 0.2) is 0 Å². The highest BCUT2D eigenvalue weighted by atomic mass is 16.3. The molecular weight excluding hydrogens is 238 g/mol. The van der Waals surface area contributed by atoms with Gasteiger partial charge in [-0.3, -0.25) is 4.90 Å². The van der Waals surface area contributed by atoms with Crippen LogP contribution in [0.1, 0.15) is 45.5 Å². The van der Waals surface area contributed by atoms with E-state index in [9.17, 15) is 5.11 Å². The summed E-state index contributed by atoms with van der Waals surface area (Å²) in [6, 6.07) is 5.51. The van der Waals surface area contributed by atoms with E-state index in [1.807, 2.05) is 6.07 Å². The number of rotatable bonds is 6. The molecule has 1 heterocycles. The molecule has 104 valence electrons. The lowest BCUT2D eigenvalue weighted by Gasteiger charge is -2.26. The lowest BCUT2D eigenvalue weighted by molar-refractivity contribution is 0.212. The Kier molecular flexibility index (Phi) is 4.43. The molecule has 0 amide bonds. The topological polar surface area (TPSA) is 52.1 Å². The zero-order valence-corrected chi connectivity index (χ0v) is 12.0. The Morgan fingerprint density at radius 1 is 1.37 bits per heavy atom. The third kappa shape index (κ3) is 3.07. The molecule has 0 saturated carbocycles. The molecule has 0 spiro atoms. The Hall–Kier alpha value is -1.55. The second-order valence-corrected chi connectivity index (χ2v) is 4.98. The highest BCUT2D eigenvalue weighted by Gasteiger charge is 2.17. The molecule has 19 heavy (non-hydrogen) atoms. The molecule has 2 aromatic rings. The number of aromatic hydroxyl groups is 1. The van der Waals surface area contributed by atoms with Crippen molar-refractivity contribution in [3.63, 3.8) is 0 Å². The van der Waals surface area contributed by atoms with Crippen LogP contribution in [0.4, 0.5) is 0 Å². The van der Waals surface area contributed by atoms with Crippen LogP contribution < -0.4 is 0 Å². The van der Waals surface area contributed by atoms with E-state index in [2.05, 4.69) is 35.6 Å². The molecule has 1 aromatic heterocycles. The van der Waals surface area contributed by atoms with Crippen molar-refractivity contribution >= 4 is 11.0 Å². The molecule has 1 aromatic carbocycles. The molecule has 2 N–H and O–H groups in total. The lowest BCUT2D eigenvalue weighted by Crippen LogP contribution is -2.28. The minimum absolute atomic E-state index is 0.270. The van der Waals surface area contributed by atoms with Crippen molar-refractivity contribution in [1.82, 2.24) is 14.9 Å². The van der Waals surface area contributed by atoms with Crippen molar-refractivity contribution in [2.24, 2.45) is 0 Å². The first kappa shape index (κ1) is 13.9. The summed E-state index contributed by atoms with van der Waals surface area (Å²) in [6.07, 6.45) is 2.41. The van der Waals surface area contributed by atoms with Crippen molar-refractivity contribution in [2.75, 3.05) is 13.1 Å². The molecule has 0 aliphatic heterocycles. The quantitative estimate of drug-likeness (QED) is 0.837. The van der Waals surface area contributed by atoms with Gasteiger partial charge in [-0.15, -0.1) is 0 Å². The van der Waals surface area contributed by atoms with E-state index >= 15 is 0 Å². The first-order valence-electron chi connectivity index (χ1n) is 7.08. The number of imidazole rings is 1. The summed E-state index contributed by atoms with van der Waals surface area (Å²) in [5, 5.41) is 9.49. The Morgan fingerprint density at radius 3 is 2.84 bits per heavy atom. The van der Waals surface area contributed by atoms with Crippen molar-refractivity contribution in [3.8, 4) is 5.75 Å². The fourth-order valence-electron chi connectivity index (χ4n) is 2.37. The lowest BCUT2D eigenvalue weighted by atomic mass is 10.2. The van der Waals surface area contributed by atoms with Gasteiger partial charge in [0.05, 0.1) is 17.1 Å². The van der Waals surface area contributed by atoms with Gasteiger partial charge in [-0.05, 0) is 38.6 Å².